The molecule has 0 spiro atoms. The summed E-state index contributed by atoms with van der Waals surface area (Å²) >= 11 is 12.1. The van der Waals surface area contributed by atoms with Crippen LogP contribution in [-0.2, 0) is 16.1 Å². The fraction of sp³-hybridized carbons (Fsp3) is 0.391. The molecule has 30 heavy (non-hydrogen) atoms. The monoisotopic (exact) mass is 450 g/mol. The quantitative estimate of drug-likeness (QED) is 0.581. The summed E-state index contributed by atoms with van der Waals surface area (Å²) in [5.74, 6) is 0.494. The molecular weight excluding hydrogens is 423 g/mol. The predicted octanol–water partition coefficient (Wildman–Crippen LogP) is 5.05. The standard InChI is InChI=1S/C23H28Cl2N2O3/c1-5-26-23(29)16(4)27(13-17-6-11-20(24)21(25)12-17)22(28)14-30-19-9-7-18(8-10-19)15(2)3/h6-12,15-16H,5,13-14H2,1-4H3,(H,26,29)/t16-/m1/s1. The number of nitrogens with one attached hydrogen (secondary N) is 1. The molecular formula is C23H28Cl2N2O3. The van der Waals surface area contributed by atoms with E-state index in [1.165, 1.54) is 10.5 Å². The first kappa shape index (κ1) is 24.0. The molecule has 2 aromatic carbocycles. The summed E-state index contributed by atoms with van der Waals surface area (Å²) in [6, 6.07) is 12.1. The first-order valence-electron chi connectivity index (χ1n) is 9.96. The average molecular weight is 451 g/mol. The number of hydrogen-bond acceptors (Lipinski definition) is 3. The van der Waals surface area contributed by atoms with E-state index in [1.807, 2.05) is 31.2 Å². The Kier molecular flexibility index (Phi) is 9.00. The van der Waals surface area contributed by atoms with E-state index in [9.17, 15) is 9.59 Å². The van der Waals surface area contributed by atoms with Gasteiger partial charge in [0.2, 0.25) is 5.91 Å². The van der Waals surface area contributed by atoms with Crippen molar-refractivity contribution < 1.29 is 14.3 Å². The van der Waals surface area contributed by atoms with E-state index in [1.54, 1.807) is 25.1 Å². The average Bonchev–Trinajstić information content (AvgIpc) is 2.72. The van der Waals surface area contributed by atoms with Crippen LogP contribution < -0.4 is 10.1 Å². The molecule has 2 amide bonds. The molecule has 0 bridgehead atoms. The van der Waals surface area contributed by atoms with Crippen LogP contribution in [0.4, 0.5) is 0 Å². The molecule has 0 heterocycles. The van der Waals surface area contributed by atoms with Crippen molar-refractivity contribution in [2.24, 2.45) is 0 Å². The van der Waals surface area contributed by atoms with Gasteiger partial charge >= 0.3 is 0 Å². The molecule has 0 saturated heterocycles. The summed E-state index contributed by atoms with van der Waals surface area (Å²) in [6.45, 7) is 8.27. The lowest BCUT2D eigenvalue weighted by Gasteiger charge is -2.28. The zero-order valence-electron chi connectivity index (χ0n) is 17.7. The molecule has 0 aromatic heterocycles. The predicted molar refractivity (Wildman–Crippen MR) is 121 cm³/mol. The molecule has 1 N–H and O–H groups in total. The van der Waals surface area contributed by atoms with Crippen LogP contribution in [0.25, 0.3) is 0 Å². The maximum atomic E-state index is 13.0. The minimum absolute atomic E-state index is 0.175. The maximum absolute atomic E-state index is 13.0. The number of carbonyl (C=O) groups is 2. The highest BCUT2D eigenvalue weighted by atomic mass is 35.5. The van der Waals surface area contributed by atoms with E-state index in [0.29, 0.717) is 28.3 Å². The van der Waals surface area contributed by atoms with Gasteiger partial charge in [-0.05, 0) is 55.2 Å². The Balaban J connectivity index is 2.14. The first-order chi connectivity index (χ1) is 14.2. The largest absolute Gasteiger partial charge is 0.484 e. The van der Waals surface area contributed by atoms with Crippen LogP contribution in [0.15, 0.2) is 42.5 Å². The summed E-state index contributed by atoms with van der Waals surface area (Å²) in [7, 11) is 0. The number of hydrogen-bond donors (Lipinski definition) is 1. The highest BCUT2D eigenvalue weighted by Gasteiger charge is 2.26. The van der Waals surface area contributed by atoms with E-state index in [0.717, 1.165) is 5.56 Å². The molecule has 0 saturated carbocycles. The summed E-state index contributed by atoms with van der Waals surface area (Å²) in [4.78, 5) is 26.8. The van der Waals surface area contributed by atoms with Gasteiger partial charge in [-0.15, -0.1) is 0 Å². The molecule has 2 aromatic rings. The minimum Gasteiger partial charge on any atom is -0.484 e. The van der Waals surface area contributed by atoms with E-state index in [-0.39, 0.29) is 25.0 Å². The lowest BCUT2D eigenvalue weighted by atomic mass is 10.0. The second-order valence-corrected chi connectivity index (χ2v) is 8.17. The fourth-order valence-electron chi connectivity index (χ4n) is 2.92. The number of rotatable bonds is 9. The number of nitrogens with zero attached hydrogens (tertiary/aromatic N) is 1. The Morgan fingerprint density at radius 1 is 1.03 bits per heavy atom. The SMILES string of the molecule is CCNC(=O)[C@@H](C)N(Cc1ccc(Cl)c(Cl)c1)C(=O)COc1ccc(C(C)C)cc1. The minimum atomic E-state index is -0.668. The second kappa shape index (κ2) is 11.2. The molecule has 0 aliphatic carbocycles. The molecule has 162 valence electrons. The van der Waals surface area contributed by atoms with Gasteiger partial charge in [0.05, 0.1) is 10.0 Å². The van der Waals surface area contributed by atoms with Crippen molar-refractivity contribution in [1.29, 1.82) is 0 Å². The Morgan fingerprint density at radius 3 is 2.27 bits per heavy atom. The van der Waals surface area contributed by atoms with Gasteiger partial charge in [-0.25, -0.2) is 0 Å². The van der Waals surface area contributed by atoms with Crippen LogP contribution >= 0.6 is 23.2 Å². The number of halogens is 2. The zero-order valence-corrected chi connectivity index (χ0v) is 19.3. The topological polar surface area (TPSA) is 58.6 Å². The molecule has 1 atom stereocenters. The Labute approximate surface area is 188 Å². The van der Waals surface area contributed by atoms with Crippen LogP contribution in [0.3, 0.4) is 0 Å². The fourth-order valence-corrected chi connectivity index (χ4v) is 3.24. The van der Waals surface area contributed by atoms with E-state index >= 15 is 0 Å². The highest BCUT2D eigenvalue weighted by molar-refractivity contribution is 6.42. The Hall–Kier alpha value is -2.24. The van der Waals surface area contributed by atoms with Gasteiger partial charge in [0.25, 0.3) is 5.91 Å². The maximum Gasteiger partial charge on any atom is 0.261 e. The van der Waals surface area contributed by atoms with Crippen LogP contribution in [0.1, 0.15) is 44.7 Å². The summed E-state index contributed by atoms with van der Waals surface area (Å²) < 4.78 is 5.68. The van der Waals surface area contributed by atoms with Crippen LogP contribution in [0.2, 0.25) is 10.0 Å². The number of benzene rings is 2. The van der Waals surface area contributed by atoms with Crippen molar-refractivity contribution in [2.75, 3.05) is 13.2 Å². The Morgan fingerprint density at radius 2 is 1.70 bits per heavy atom. The highest BCUT2D eigenvalue weighted by Crippen LogP contribution is 2.24. The van der Waals surface area contributed by atoms with Crippen LogP contribution in [0.5, 0.6) is 5.75 Å². The summed E-state index contributed by atoms with van der Waals surface area (Å²) in [5.41, 5.74) is 1.97. The Bertz CT molecular complexity index is 869. The lowest BCUT2D eigenvalue weighted by Crippen LogP contribution is -2.49. The summed E-state index contributed by atoms with van der Waals surface area (Å²) in [5, 5.41) is 3.59. The van der Waals surface area contributed by atoms with Gasteiger partial charge in [-0.3, -0.25) is 9.59 Å². The molecule has 0 unspecified atom stereocenters. The number of likely N-dealkylation sites (N-methyl/N-ethyl adjacent to an activating group) is 1. The van der Waals surface area contributed by atoms with Gasteiger partial charge in [0.15, 0.2) is 6.61 Å². The molecule has 0 radical (unpaired) electrons. The summed E-state index contributed by atoms with van der Waals surface area (Å²) in [6.07, 6.45) is 0. The molecule has 0 aliphatic heterocycles. The van der Waals surface area contributed by atoms with Gasteiger partial charge in [0.1, 0.15) is 11.8 Å². The van der Waals surface area contributed by atoms with Gasteiger partial charge < -0.3 is 15.0 Å². The van der Waals surface area contributed by atoms with Gasteiger partial charge in [-0.1, -0.05) is 55.2 Å². The van der Waals surface area contributed by atoms with Crippen molar-refractivity contribution in [3.8, 4) is 5.75 Å². The molecule has 7 heteroatoms. The van der Waals surface area contributed by atoms with Crippen molar-refractivity contribution in [3.63, 3.8) is 0 Å². The first-order valence-corrected chi connectivity index (χ1v) is 10.7. The molecule has 0 fully saturated rings. The number of amides is 2. The lowest BCUT2D eigenvalue weighted by molar-refractivity contribution is -0.142. The van der Waals surface area contributed by atoms with Crippen molar-refractivity contribution in [2.45, 2.75) is 46.2 Å². The van der Waals surface area contributed by atoms with Gasteiger partial charge in [-0.2, -0.15) is 0 Å². The van der Waals surface area contributed by atoms with Crippen LogP contribution in [0, 0.1) is 0 Å². The normalized spacial score (nSPS) is 11.8. The third kappa shape index (κ3) is 6.64. The molecule has 5 nitrogen and oxygen atoms in total. The third-order valence-corrected chi connectivity index (χ3v) is 5.50. The molecule has 2 rings (SSSR count). The van der Waals surface area contributed by atoms with E-state index in [2.05, 4.69) is 19.2 Å². The zero-order chi connectivity index (χ0) is 22.3. The van der Waals surface area contributed by atoms with Gasteiger partial charge in [0, 0.05) is 13.1 Å². The van der Waals surface area contributed by atoms with E-state index in [4.69, 9.17) is 27.9 Å². The second-order valence-electron chi connectivity index (χ2n) is 7.35. The van der Waals surface area contributed by atoms with Crippen LogP contribution in [-0.4, -0.2) is 35.9 Å². The number of ether oxygens (including phenoxy) is 1. The van der Waals surface area contributed by atoms with Crippen molar-refractivity contribution >= 4 is 35.0 Å². The van der Waals surface area contributed by atoms with Crippen molar-refractivity contribution in [3.05, 3.63) is 63.6 Å². The van der Waals surface area contributed by atoms with Crippen molar-refractivity contribution in [1.82, 2.24) is 10.2 Å². The molecule has 0 aliphatic rings. The smallest absolute Gasteiger partial charge is 0.261 e. The van der Waals surface area contributed by atoms with E-state index < -0.39 is 6.04 Å². The third-order valence-electron chi connectivity index (χ3n) is 4.76. The number of carbonyl (C=O) groups excluding carboxylic acids is 2.